The first-order valence-corrected chi connectivity index (χ1v) is 14.2. The standard InChI is InChI=1S/C30H46O7/c1-6-7-8-9-10-11-12-13-23(32)37-30-24(27(30,4)5)21-15-20(17-31)16-28(35)22(14-18(2)25(28)33)29(21,36)19(3)26(30)34/h14-15,19,21-22,24,26,31,34-36H,6-13,16-17H2,1-5H3/t19-,21+,22-,24-,26-,28-,29-,30-/m0/s1. The molecule has 0 aromatic rings. The number of aliphatic hydroxyl groups is 4. The van der Waals surface area contributed by atoms with E-state index in [4.69, 9.17) is 4.74 Å². The zero-order valence-electron chi connectivity index (χ0n) is 23.1. The van der Waals surface area contributed by atoms with Crippen molar-refractivity contribution in [3.8, 4) is 0 Å². The summed E-state index contributed by atoms with van der Waals surface area (Å²) in [7, 11) is 0. The second-order valence-corrected chi connectivity index (χ2v) is 12.7. The molecule has 0 aromatic heterocycles. The van der Waals surface area contributed by atoms with Crippen LogP contribution in [0.5, 0.6) is 0 Å². The summed E-state index contributed by atoms with van der Waals surface area (Å²) in [6.45, 7) is 9.03. The summed E-state index contributed by atoms with van der Waals surface area (Å²) in [5.41, 5.74) is -4.53. The van der Waals surface area contributed by atoms with Gasteiger partial charge in [-0.25, -0.2) is 0 Å². The van der Waals surface area contributed by atoms with Crippen LogP contribution in [0.15, 0.2) is 23.3 Å². The van der Waals surface area contributed by atoms with Crippen LogP contribution in [0.1, 0.15) is 92.4 Å². The Labute approximate surface area is 221 Å². The van der Waals surface area contributed by atoms with Crippen molar-refractivity contribution in [1.29, 1.82) is 0 Å². The molecule has 208 valence electrons. The van der Waals surface area contributed by atoms with Crippen LogP contribution in [0.3, 0.4) is 0 Å². The summed E-state index contributed by atoms with van der Waals surface area (Å²) in [5, 5.41) is 45.7. The van der Waals surface area contributed by atoms with E-state index in [9.17, 15) is 30.0 Å². The molecule has 7 nitrogen and oxygen atoms in total. The first-order valence-electron chi connectivity index (χ1n) is 14.2. The highest BCUT2D eigenvalue weighted by molar-refractivity contribution is 6.04. The Kier molecular flexibility index (Phi) is 7.61. The van der Waals surface area contributed by atoms with Crippen LogP contribution in [-0.4, -0.2) is 61.7 Å². The largest absolute Gasteiger partial charge is 0.455 e. The maximum absolute atomic E-state index is 13.0. The van der Waals surface area contributed by atoms with Gasteiger partial charge in [0.2, 0.25) is 0 Å². The normalized spacial score (nSPS) is 41.6. The van der Waals surface area contributed by atoms with E-state index < -0.39 is 57.8 Å². The van der Waals surface area contributed by atoms with Crippen molar-refractivity contribution in [2.45, 2.75) is 115 Å². The Morgan fingerprint density at radius 2 is 1.70 bits per heavy atom. The van der Waals surface area contributed by atoms with E-state index in [1.54, 1.807) is 26.0 Å². The highest BCUT2D eigenvalue weighted by Crippen LogP contribution is 2.76. The molecule has 0 aromatic carbocycles. The fourth-order valence-electron chi connectivity index (χ4n) is 8.13. The third kappa shape index (κ3) is 4.07. The van der Waals surface area contributed by atoms with Crippen molar-refractivity contribution in [2.24, 2.45) is 29.1 Å². The second kappa shape index (κ2) is 9.89. The van der Waals surface area contributed by atoms with Crippen LogP contribution in [-0.2, 0) is 14.3 Å². The molecular weight excluding hydrogens is 472 g/mol. The van der Waals surface area contributed by atoms with Crippen molar-refractivity contribution in [3.05, 3.63) is 23.3 Å². The lowest BCUT2D eigenvalue weighted by molar-refractivity contribution is -0.219. The van der Waals surface area contributed by atoms with Crippen LogP contribution in [0.2, 0.25) is 0 Å². The molecular formula is C30H46O7. The summed E-state index contributed by atoms with van der Waals surface area (Å²) in [5.74, 6) is -3.60. The highest BCUT2D eigenvalue weighted by Gasteiger charge is 2.86. The van der Waals surface area contributed by atoms with Gasteiger partial charge in [-0.05, 0) is 24.5 Å². The van der Waals surface area contributed by atoms with E-state index in [1.165, 1.54) is 25.7 Å². The summed E-state index contributed by atoms with van der Waals surface area (Å²) in [6.07, 6.45) is 10.0. The average molecular weight is 519 g/mol. The Hall–Kier alpha value is -1.54. The van der Waals surface area contributed by atoms with Crippen LogP contribution in [0.25, 0.3) is 0 Å². The van der Waals surface area contributed by atoms with E-state index in [1.807, 2.05) is 13.8 Å². The van der Waals surface area contributed by atoms with Crippen LogP contribution in [0.4, 0.5) is 0 Å². The number of Topliss-reactive ketones (excluding diaryl/α,β-unsaturated/α-hetero) is 1. The fourth-order valence-corrected chi connectivity index (χ4v) is 8.13. The first kappa shape index (κ1) is 28.5. The van der Waals surface area contributed by atoms with Gasteiger partial charge in [-0.2, -0.15) is 0 Å². The number of carbonyl (C=O) groups is 2. The van der Waals surface area contributed by atoms with Gasteiger partial charge in [0.25, 0.3) is 0 Å². The number of fused-ring (bicyclic) bond motifs is 5. The van der Waals surface area contributed by atoms with Gasteiger partial charge in [0.05, 0.1) is 18.3 Å². The van der Waals surface area contributed by atoms with Crippen molar-refractivity contribution < 1.29 is 34.8 Å². The molecule has 0 aliphatic heterocycles. The number of ketones is 1. The van der Waals surface area contributed by atoms with E-state index >= 15 is 0 Å². The fraction of sp³-hybridized carbons (Fsp3) is 0.800. The predicted molar refractivity (Wildman–Crippen MR) is 139 cm³/mol. The Morgan fingerprint density at radius 3 is 2.32 bits per heavy atom. The minimum atomic E-state index is -1.89. The maximum Gasteiger partial charge on any atom is 0.306 e. The van der Waals surface area contributed by atoms with Gasteiger partial charge in [0.15, 0.2) is 5.78 Å². The Morgan fingerprint density at radius 1 is 1.08 bits per heavy atom. The number of carbonyl (C=O) groups excluding carboxylic acids is 2. The van der Waals surface area contributed by atoms with Crippen molar-refractivity contribution in [3.63, 3.8) is 0 Å². The van der Waals surface area contributed by atoms with Crippen LogP contribution >= 0.6 is 0 Å². The Bertz CT molecular complexity index is 982. The molecule has 4 N–H and O–H groups in total. The van der Waals surface area contributed by atoms with Gasteiger partial charge in [0.1, 0.15) is 11.2 Å². The van der Waals surface area contributed by atoms with E-state index in [-0.39, 0.29) is 25.4 Å². The van der Waals surface area contributed by atoms with Gasteiger partial charge in [0, 0.05) is 41.9 Å². The second-order valence-electron chi connectivity index (χ2n) is 12.7. The lowest BCUT2D eigenvalue weighted by Crippen LogP contribution is -2.65. The summed E-state index contributed by atoms with van der Waals surface area (Å²) in [6, 6.07) is 0. The molecule has 2 fully saturated rings. The van der Waals surface area contributed by atoms with Gasteiger partial charge in [-0.15, -0.1) is 0 Å². The van der Waals surface area contributed by atoms with Crippen LogP contribution in [0, 0.1) is 29.1 Å². The van der Waals surface area contributed by atoms with Gasteiger partial charge >= 0.3 is 5.97 Å². The molecule has 4 aliphatic carbocycles. The molecule has 8 atom stereocenters. The number of ether oxygens (including phenoxy) is 1. The van der Waals surface area contributed by atoms with Crippen LogP contribution < -0.4 is 0 Å². The topological polar surface area (TPSA) is 124 Å². The maximum atomic E-state index is 13.0. The number of aliphatic hydroxyl groups excluding tert-OH is 2. The zero-order chi connectivity index (χ0) is 27.4. The molecule has 0 saturated heterocycles. The molecule has 0 bridgehead atoms. The minimum absolute atomic E-state index is 0.0827. The highest BCUT2D eigenvalue weighted by atomic mass is 16.6. The summed E-state index contributed by atoms with van der Waals surface area (Å²) in [4.78, 5) is 26.1. The number of esters is 1. The van der Waals surface area contributed by atoms with Crippen molar-refractivity contribution in [1.82, 2.24) is 0 Å². The van der Waals surface area contributed by atoms with E-state index in [0.29, 0.717) is 11.1 Å². The first-order chi connectivity index (χ1) is 17.3. The molecule has 0 heterocycles. The molecule has 4 aliphatic rings. The van der Waals surface area contributed by atoms with Crippen molar-refractivity contribution >= 4 is 11.8 Å². The monoisotopic (exact) mass is 518 g/mol. The number of unbranched alkanes of at least 4 members (excludes halogenated alkanes) is 6. The van der Waals surface area contributed by atoms with Gasteiger partial charge in [-0.3, -0.25) is 9.59 Å². The molecule has 0 radical (unpaired) electrons. The molecule has 7 heteroatoms. The average Bonchev–Trinajstić information content (AvgIpc) is 3.28. The summed E-state index contributed by atoms with van der Waals surface area (Å²) < 4.78 is 6.14. The minimum Gasteiger partial charge on any atom is -0.455 e. The van der Waals surface area contributed by atoms with E-state index in [0.717, 1.165) is 19.3 Å². The number of hydrogen-bond acceptors (Lipinski definition) is 7. The third-order valence-electron chi connectivity index (χ3n) is 10.3. The molecule has 0 unspecified atom stereocenters. The molecule has 0 amide bonds. The Balaban J connectivity index is 1.59. The molecule has 37 heavy (non-hydrogen) atoms. The molecule has 0 spiro atoms. The van der Waals surface area contributed by atoms with E-state index in [2.05, 4.69) is 6.92 Å². The lowest BCUT2D eigenvalue weighted by Gasteiger charge is -2.52. The SMILES string of the molecule is CCCCCCCCCC(=O)O[C@]12[C@@H](O)[C@H](C)[C@]3(O)[C@H](C=C(CO)C[C@@]4(O)C(=O)C(C)=C[C@H]34)[C@H]1C2(C)C. The number of hydrogen-bond donors (Lipinski definition) is 4. The molecule has 2 saturated carbocycles. The quantitative estimate of drug-likeness (QED) is 0.198. The predicted octanol–water partition coefficient (Wildman–Crippen LogP) is 3.62. The molecule has 4 rings (SSSR count). The zero-order valence-corrected chi connectivity index (χ0v) is 23.1. The van der Waals surface area contributed by atoms with Gasteiger partial charge in [-0.1, -0.05) is 78.4 Å². The third-order valence-corrected chi connectivity index (χ3v) is 10.3. The number of rotatable bonds is 10. The van der Waals surface area contributed by atoms with Gasteiger partial charge < -0.3 is 25.2 Å². The summed E-state index contributed by atoms with van der Waals surface area (Å²) >= 11 is 0. The van der Waals surface area contributed by atoms with Crippen molar-refractivity contribution in [2.75, 3.05) is 6.61 Å². The lowest BCUT2D eigenvalue weighted by atomic mass is 9.59. The smallest absolute Gasteiger partial charge is 0.306 e.